The molecule has 3 heteroatoms. The Morgan fingerprint density at radius 3 is 2.35 bits per heavy atom. The van der Waals surface area contributed by atoms with Gasteiger partial charge in [0, 0.05) is 12.6 Å². The maximum atomic E-state index is 5.74. The van der Waals surface area contributed by atoms with E-state index in [1.807, 2.05) is 45.0 Å². The van der Waals surface area contributed by atoms with Crippen LogP contribution >= 0.6 is 0 Å². The molecule has 0 aromatic heterocycles. The average Bonchev–Trinajstić information content (AvgIpc) is 2.53. The van der Waals surface area contributed by atoms with Crippen molar-refractivity contribution in [1.82, 2.24) is 5.32 Å². The first-order valence-electron chi connectivity index (χ1n) is 8.30. The minimum atomic E-state index is 0.195. The van der Waals surface area contributed by atoms with E-state index in [0.29, 0.717) is 6.61 Å². The molecule has 0 fully saturated rings. The highest BCUT2D eigenvalue weighted by atomic mass is 16.5. The highest BCUT2D eigenvalue weighted by Crippen LogP contribution is 2.19. The van der Waals surface area contributed by atoms with Crippen molar-refractivity contribution in [3.63, 3.8) is 0 Å². The van der Waals surface area contributed by atoms with Crippen LogP contribution in [0.4, 0.5) is 0 Å². The van der Waals surface area contributed by atoms with Gasteiger partial charge in [0.05, 0.1) is 12.7 Å². The van der Waals surface area contributed by atoms with Gasteiger partial charge in [0.2, 0.25) is 0 Å². The second-order valence-electron chi connectivity index (χ2n) is 5.92. The first-order valence-corrected chi connectivity index (χ1v) is 8.30. The fraction of sp³-hybridized carbons (Fsp3) is 0.400. The SMILES string of the molecule is CCOc1ccc(C(C)NCc2cccc(OC(C)C)c2)cc1. The highest BCUT2D eigenvalue weighted by molar-refractivity contribution is 5.30. The summed E-state index contributed by atoms with van der Waals surface area (Å²) < 4.78 is 11.2. The third-order valence-corrected chi connectivity index (χ3v) is 3.57. The summed E-state index contributed by atoms with van der Waals surface area (Å²) in [6, 6.07) is 16.8. The number of benzene rings is 2. The first-order chi connectivity index (χ1) is 11.1. The fourth-order valence-electron chi connectivity index (χ4n) is 2.41. The molecule has 0 radical (unpaired) electrons. The zero-order chi connectivity index (χ0) is 16.7. The van der Waals surface area contributed by atoms with Gasteiger partial charge in [-0.05, 0) is 63.1 Å². The summed E-state index contributed by atoms with van der Waals surface area (Å²) in [5.41, 5.74) is 2.48. The molecular weight excluding hydrogens is 286 g/mol. The molecule has 0 aliphatic rings. The lowest BCUT2D eigenvalue weighted by Crippen LogP contribution is -2.18. The van der Waals surface area contributed by atoms with Crippen molar-refractivity contribution < 1.29 is 9.47 Å². The summed E-state index contributed by atoms with van der Waals surface area (Å²) >= 11 is 0. The highest BCUT2D eigenvalue weighted by Gasteiger charge is 2.06. The number of ether oxygens (including phenoxy) is 2. The topological polar surface area (TPSA) is 30.5 Å². The normalized spacial score (nSPS) is 12.2. The average molecular weight is 313 g/mol. The Morgan fingerprint density at radius 1 is 0.957 bits per heavy atom. The summed E-state index contributed by atoms with van der Waals surface area (Å²) in [6.45, 7) is 9.75. The van der Waals surface area contributed by atoms with Crippen LogP contribution in [0.15, 0.2) is 48.5 Å². The molecule has 0 bridgehead atoms. The fourth-order valence-corrected chi connectivity index (χ4v) is 2.41. The van der Waals surface area contributed by atoms with Crippen molar-refractivity contribution in [2.24, 2.45) is 0 Å². The molecule has 2 aromatic rings. The van der Waals surface area contributed by atoms with E-state index in [1.165, 1.54) is 11.1 Å². The van der Waals surface area contributed by atoms with Crippen molar-refractivity contribution in [3.8, 4) is 11.5 Å². The molecule has 0 amide bonds. The monoisotopic (exact) mass is 313 g/mol. The van der Waals surface area contributed by atoms with Crippen LogP contribution in [0.5, 0.6) is 11.5 Å². The predicted octanol–water partition coefficient (Wildman–Crippen LogP) is 4.72. The van der Waals surface area contributed by atoms with E-state index < -0.39 is 0 Å². The van der Waals surface area contributed by atoms with Gasteiger partial charge in [-0.15, -0.1) is 0 Å². The molecule has 0 saturated heterocycles. The maximum absolute atomic E-state index is 5.74. The molecule has 2 aromatic carbocycles. The van der Waals surface area contributed by atoms with E-state index in [4.69, 9.17) is 9.47 Å². The Hall–Kier alpha value is -2.00. The summed E-state index contributed by atoms with van der Waals surface area (Å²) in [5.74, 6) is 1.84. The van der Waals surface area contributed by atoms with Crippen molar-refractivity contribution in [2.75, 3.05) is 6.61 Å². The number of rotatable bonds is 8. The summed E-state index contributed by atoms with van der Waals surface area (Å²) in [4.78, 5) is 0. The van der Waals surface area contributed by atoms with Gasteiger partial charge in [0.15, 0.2) is 0 Å². The molecule has 1 N–H and O–H groups in total. The number of hydrogen-bond acceptors (Lipinski definition) is 3. The third kappa shape index (κ3) is 5.61. The Morgan fingerprint density at radius 2 is 1.70 bits per heavy atom. The standard InChI is InChI=1S/C20H27NO2/c1-5-22-19-11-9-18(10-12-19)16(4)21-14-17-7-6-8-20(13-17)23-15(2)3/h6-13,15-16,21H,5,14H2,1-4H3. The van der Waals surface area contributed by atoms with Gasteiger partial charge in [-0.2, -0.15) is 0 Å². The van der Waals surface area contributed by atoms with Gasteiger partial charge in [0.25, 0.3) is 0 Å². The van der Waals surface area contributed by atoms with E-state index in [2.05, 4.69) is 36.5 Å². The predicted molar refractivity (Wildman–Crippen MR) is 95.1 cm³/mol. The van der Waals surface area contributed by atoms with E-state index in [1.54, 1.807) is 0 Å². The molecule has 0 aliphatic heterocycles. The maximum Gasteiger partial charge on any atom is 0.120 e. The van der Waals surface area contributed by atoms with Crippen LogP contribution in [-0.2, 0) is 6.54 Å². The van der Waals surface area contributed by atoms with Crippen LogP contribution in [-0.4, -0.2) is 12.7 Å². The third-order valence-electron chi connectivity index (χ3n) is 3.57. The number of hydrogen-bond donors (Lipinski definition) is 1. The molecule has 23 heavy (non-hydrogen) atoms. The van der Waals surface area contributed by atoms with E-state index in [9.17, 15) is 0 Å². The molecule has 2 rings (SSSR count). The van der Waals surface area contributed by atoms with Crippen LogP contribution < -0.4 is 14.8 Å². The second-order valence-corrected chi connectivity index (χ2v) is 5.92. The largest absolute Gasteiger partial charge is 0.494 e. The molecular formula is C20H27NO2. The van der Waals surface area contributed by atoms with Gasteiger partial charge in [-0.25, -0.2) is 0 Å². The van der Waals surface area contributed by atoms with Gasteiger partial charge in [0.1, 0.15) is 11.5 Å². The Balaban J connectivity index is 1.92. The van der Waals surface area contributed by atoms with Crippen molar-refractivity contribution >= 4 is 0 Å². The van der Waals surface area contributed by atoms with Gasteiger partial charge in [-0.3, -0.25) is 0 Å². The van der Waals surface area contributed by atoms with Gasteiger partial charge in [-0.1, -0.05) is 24.3 Å². The van der Waals surface area contributed by atoms with Crippen LogP contribution in [0.25, 0.3) is 0 Å². The molecule has 0 aliphatic carbocycles. The minimum absolute atomic E-state index is 0.195. The minimum Gasteiger partial charge on any atom is -0.494 e. The van der Waals surface area contributed by atoms with Crippen LogP contribution in [0.2, 0.25) is 0 Å². The van der Waals surface area contributed by atoms with Crippen LogP contribution in [0.3, 0.4) is 0 Å². The van der Waals surface area contributed by atoms with Crippen molar-refractivity contribution in [3.05, 3.63) is 59.7 Å². The lowest BCUT2D eigenvalue weighted by atomic mass is 10.1. The molecule has 1 unspecified atom stereocenters. The zero-order valence-corrected chi connectivity index (χ0v) is 14.5. The molecule has 1 atom stereocenters. The molecule has 0 heterocycles. The van der Waals surface area contributed by atoms with Crippen molar-refractivity contribution in [1.29, 1.82) is 0 Å². The first kappa shape index (κ1) is 17.4. The summed E-state index contributed by atoms with van der Waals surface area (Å²) in [5, 5.41) is 3.55. The Bertz CT molecular complexity index is 593. The number of nitrogens with one attached hydrogen (secondary N) is 1. The molecule has 0 saturated carbocycles. The van der Waals surface area contributed by atoms with Crippen molar-refractivity contribution in [2.45, 2.75) is 46.4 Å². The van der Waals surface area contributed by atoms with Gasteiger partial charge < -0.3 is 14.8 Å². The van der Waals surface area contributed by atoms with Gasteiger partial charge >= 0.3 is 0 Å². The molecule has 124 valence electrons. The smallest absolute Gasteiger partial charge is 0.120 e. The quantitative estimate of drug-likeness (QED) is 0.764. The van der Waals surface area contributed by atoms with E-state index >= 15 is 0 Å². The lowest BCUT2D eigenvalue weighted by molar-refractivity contribution is 0.242. The molecule has 3 nitrogen and oxygen atoms in total. The van der Waals surface area contributed by atoms with E-state index in [-0.39, 0.29) is 12.1 Å². The zero-order valence-electron chi connectivity index (χ0n) is 14.5. The summed E-state index contributed by atoms with van der Waals surface area (Å²) in [7, 11) is 0. The van der Waals surface area contributed by atoms with Crippen LogP contribution in [0, 0.1) is 0 Å². The summed E-state index contributed by atoms with van der Waals surface area (Å²) in [6.07, 6.45) is 0.195. The van der Waals surface area contributed by atoms with Crippen LogP contribution in [0.1, 0.15) is 44.9 Å². The lowest BCUT2D eigenvalue weighted by Gasteiger charge is -2.16. The Kier molecular flexibility index (Phi) is 6.48. The second kappa shape index (κ2) is 8.59. The van der Waals surface area contributed by atoms with E-state index in [0.717, 1.165) is 18.0 Å². The Labute approximate surface area is 139 Å². The molecule has 0 spiro atoms.